The zero-order valence-electron chi connectivity index (χ0n) is 43.1. The number of aliphatic hydroxyl groups excluding tert-OH is 2. The molecule has 0 aliphatic carbocycles. The highest BCUT2D eigenvalue weighted by molar-refractivity contribution is 5.73. The molecule has 0 amide bonds. The number of nitrogens with zero attached hydrogens (tertiary/aromatic N) is 2. The number of unbranched alkanes of at least 4 members (excludes halogenated alkanes) is 2. The number of carbonyl (C=O) groups is 5. The van der Waals surface area contributed by atoms with E-state index in [0.717, 1.165) is 38.5 Å². The summed E-state index contributed by atoms with van der Waals surface area (Å²) < 4.78 is 49.6. The lowest BCUT2D eigenvalue weighted by atomic mass is 9.71. The maximum Gasteiger partial charge on any atom is 0.309 e. The highest BCUT2D eigenvalue weighted by Gasteiger charge is 2.56. The Kier molecular flexibility index (Phi) is 23.5. The topological polar surface area (TPSA) is 206 Å². The summed E-state index contributed by atoms with van der Waals surface area (Å²) in [5.74, 6) is -4.11. The number of esters is 4. The lowest BCUT2D eigenvalue weighted by Crippen LogP contribution is -2.67. The molecule has 0 spiro atoms. The summed E-state index contributed by atoms with van der Waals surface area (Å²) in [7, 11) is 5.01. The number of aliphatic hydroxyl groups is 2. The van der Waals surface area contributed by atoms with Gasteiger partial charge in [-0.3, -0.25) is 19.2 Å². The second-order valence-corrected chi connectivity index (χ2v) is 20.0. The van der Waals surface area contributed by atoms with E-state index in [9.17, 15) is 34.2 Å². The van der Waals surface area contributed by atoms with E-state index in [1.54, 1.807) is 48.7 Å². The maximum absolute atomic E-state index is 13.9. The normalized spacial score (nSPS) is 35.5. The van der Waals surface area contributed by atoms with Gasteiger partial charge >= 0.3 is 23.9 Å². The molecule has 3 aliphatic heterocycles. The molecule has 3 saturated heterocycles. The zero-order chi connectivity index (χ0) is 51.0. The average Bonchev–Trinajstić information content (AvgIpc) is 3.28. The second kappa shape index (κ2) is 27.9. The molecule has 0 unspecified atom stereocenters. The molecule has 17 heteroatoms. The van der Waals surface area contributed by atoms with E-state index in [-0.39, 0.29) is 38.0 Å². The second-order valence-electron chi connectivity index (χ2n) is 20.0. The summed E-state index contributed by atoms with van der Waals surface area (Å²) in [6, 6.07) is 9.59. The quantitative estimate of drug-likeness (QED) is 0.0838. The number of ether oxygens (including phenoxy) is 8. The van der Waals surface area contributed by atoms with Gasteiger partial charge in [0.15, 0.2) is 18.0 Å². The Morgan fingerprint density at radius 1 is 0.942 bits per heavy atom. The SMILES string of the molecule is CCC(=O)O[C@@H]1CC(=O)O[C@H](C)CCN(CCCCCc2ccccc2)C[C@H](O)[C@H](C)C[C@H](CC=O)[C@H]([C@@H]2O[C@H](C)[C@@H](O[C@@H]3C[C@@](C)(OC(C)=O)[C@@H](OC(=O)CC)[C@H](C)O3)[C@H](N(C)C)[C@H]2O)[C@@H]1OC. The Morgan fingerprint density at radius 3 is 2.25 bits per heavy atom. The van der Waals surface area contributed by atoms with Crippen LogP contribution in [0.4, 0.5) is 0 Å². The van der Waals surface area contributed by atoms with E-state index >= 15 is 0 Å². The van der Waals surface area contributed by atoms with Crippen molar-refractivity contribution in [3.63, 3.8) is 0 Å². The molecule has 4 rings (SSSR count). The van der Waals surface area contributed by atoms with Crippen LogP contribution in [0.5, 0.6) is 0 Å². The standard InChI is InChI=1S/C52H84N2O15/c1-12-41(58)66-40-29-43(60)63-33(4)23-26-54(25-19-15-18-22-37-20-16-14-17-21-37)31-39(57)32(3)28-38(24-27-55)45(49(40)62-11)50-47(61)46(53(9)10)48(34(5)65-50)68-44-30-52(8,69-36(7)56)51(35(6)64-44)67-42(59)13-2/h14,16-17,20-21,27,32-35,38-40,44-51,57,61H,12-13,15,18-19,22-26,28-31H2,1-11H3/t32-,33-,34-,35+,38+,39+,40-,44-,45+,46-,47-,48-,49-,50+,51+,52-/m1/s1. The number of aryl methyl sites for hydroxylation is 1. The minimum atomic E-state index is -1.34. The van der Waals surface area contributed by atoms with E-state index < -0.39 is 115 Å². The van der Waals surface area contributed by atoms with E-state index in [1.807, 2.05) is 36.9 Å². The number of aldehydes is 1. The third-order valence-corrected chi connectivity index (χ3v) is 14.2. The highest BCUT2D eigenvalue weighted by atomic mass is 16.7. The Bertz CT molecular complexity index is 1750. The molecule has 17 nitrogen and oxygen atoms in total. The van der Waals surface area contributed by atoms with Crippen molar-refractivity contribution >= 4 is 30.2 Å². The molecule has 0 bridgehead atoms. The van der Waals surface area contributed by atoms with Gasteiger partial charge in [0, 0.05) is 58.7 Å². The maximum atomic E-state index is 13.9. The molecule has 3 heterocycles. The summed E-state index contributed by atoms with van der Waals surface area (Å²) in [5, 5.41) is 24.7. The predicted molar refractivity (Wildman–Crippen MR) is 256 cm³/mol. The minimum absolute atomic E-state index is 0.00752. The van der Waals surface area contributed by atoms with Crippen molar-refractivity contribution in [2.45, 2.75) is 205 Å². The van der Waals surface area contributed by atoms with Crippen molar-refractivity contribution in [1.82, 2.24) is 9.80 Å². The fourth-order valence-corrected chi connectivity index (χ4v) is 10.6. The largest absolute Gasteiger partial charge is 0.463 e. The molecule has 1 aromatic rings. The molecule has 1 aromatic carbocycles. The smallest absolute Gasteiger partial charge is 0.309 e. The third-order valence-electron chi connectivity index (χ3n) is 14.2. The fourth-order valence-electron chi connectivity index (χ4n) is 10.6. The fraction of sp³-hybridized carbons (Fsp3) is 0.788. The molecular formula is C52H84N2O15. The molecule has 16 atom stereocenters. The summed E-state index contributed by atoms with van der Waals surface area (Å²) in [6.45, 7) is 15.2. The van der Waals surface area contributed by atoms with Crippen molar-refractivity contribution in [1.29, 1.82) is 0 Å². The van der Waals surface area contributed by atoms with Gasteiger partial charge in [-0.25, -0.2) is 0 Å². The summed E-state index contributed by atoms with van der Waals surface area (Å²) in [5.41, 5.74) is -0.0283. The number of rotatable bonds is 18. The molecule has 392 valence electrons. The van der Waals surface area contributed by atoms with Gasteiger partial charge in [-0.1, -0.05) is 57.5 Å². The van der Waals surface area contributed by atoms with Crippen LogP contribution in [0, 0.1) is 17.8 Å². The van der Waals surface area contributed by atoms with Crippen LogP contribution in [0.15, 0.2) is 30.3 Å². The van der Waals surface area contributed by atoms with E-state index in [0.29, 0.717) is 25.9 Å². The van der Waals surface area contributed by atoms with Crippen molar-refractivity contribution < 1.29 is 72.1 Å². The molecule has 3 fully saturated rings. The van der Waals surface area contributed by atoms with Crippen LogP contribution in [0.25, 0.3) is 0 Å². The lowest BCUT2D eigenvalue weighted by molar-refractivity contribution is -0.319. The van der Waals surface area contributed by atoms with Crippen LogP contribution in [0.2, 0.25) is 0 Å². The number of likely N-dealkylation sites (N-methyl/N-ethyl adjacent to an activating group) is 1. The van der Waals surface area contributed by atoms with Crippen molar-refractivity contribution in [3.05, 3.63) is 35.9 Å². The Balaban J connectivity index is 1.70. The van der Waals surface area contributed by atoms with Gasteiger partial charge in [-0.05, 0) is 97.8 Å². The van der Waals surface area contributed by atoms with Crippen LogP contribution in [-0.4, -0.2) is 170 Å². The first-order valence-electron chi connectivity index (χ1n) is 25.2. The van der Waals surface area contributed by atoms with E-state index in [2.05, 4.69) is 17.0 Å². The summed E-state index contributed by atoms with van der Waals surface area (Å²) in [6.07, 6.45) is -5.13. The van der Waals surface area contributed by atoms with Crippen molar-refractivity contribution in [2.24, 2.45) is 17.8 Å². The third kappa shape index (κ3) is 16.8. The van der Waals surface area contributed by atoms with Gasteiger partial charge in [0.25, 0.3) is 0 Å². The Morgan fingerprint density at radius 2 is 1.62 bits per heavy atom. The number of methoxy groups -OCH3 is 1. The average molecular weight is 977 g/mol. The lowest BCUT2D eigenvalue weighted by Gasteiger charge is -2.53. The van der Waals surface area contributed by atoms with Gasteiger partial charge in [0.1, 0.15) is 30.7 Å². The number of benzene rings is 1. The molecule has 69 heavy (non-hydrogen) atoms. The van der Waals surface area contributed by atoms with Gasteiger partial charge in [-0.15, -0.1) is 0 Å². The number of hydrogen-bond donors (Lipinski definition) is 2. The highest BCUT2D eigenvalue weighted by Crippen LogP contribution is 2.43. The molecule has 3 aliphatic rings. The first-order valence-corrected chi connectivity index (χ1v) is 25.2. The Labute approximate surface area is 410 Å². The summed E-state index contributed by atoms with van der Waals surface area (Å²) >= 11 is 0. The molecule has 0 aromatic heterocycles. The van der Waals surface area contributed by atoms with E-state index in [4.69, 9.17) is 37.9 Å². The first kappa shape index (κ1) is 58.0. The van der Waals surface area contributed by atoms with Crippen molar-refractivity contribution in [2.75, 3.05) is 40.8 Å². The molecule has 0 radical (unpaired) electrons. The van der Waals surface area contributed by atoms with E-state index in [1.165, 1.54) is 19.6 Å². The zero-order valence-corrected chi connectivity index (χ0v) is 43.1. The predicted octanol–water partition coefficient (Wildman–Crippen LogP) is 5.21. The van der Waals surface area contributed by atoms with Crippen LogP contribution in [0.3, 0.4) is 0 Å². The van der Waals surface area contributed by atoms with Gasteiger partial charge in [-0.2, -0.15) is 0 Å². The summed E-state index contributed by atoms with van der Waals surface area (Å²) in [4.78, 5) is 68.7. The first-order chi connectivity index (χ1) is 32.7. The molecule has 0 saturated carbocycles. The van der Waals surface area contributed by atoms with Gasteiger partial charge < -0.3 is 62.7 Å². The molecular weight excluding hydrogens is 893 g/mol. The number of β-amino-alcohol motifs (C(OH)–C–C–N with tert-alkyl or cyclic N) is 1. The minimum Gasteiger partial charge on any atom is -0.463 e. The number of hydrogen-bond acceptors (Lipinski definition) is 17. The van der Waals surface area contributed by atoms with Crippen LogP contribution < -0.4 is 0 Å². The van der Waals surface area contributed by atoms with Crippen molar-refractivity contribution in [3.8, 4) is 0 Å². The van der Waals surface area contributed by atoms with Crippen LogP contribution in [0.1, 0.15) is 125 Å². The monoisotopic (exact) mass is 977 g/mol. The Hall–Kier alpha value is -3.55. The molecule has 2 N–H and O–H groups in total. The van der Waals surface area contributed by atoms with Crippen LogP contribution >= 0.6 is 0 Å². The van der Waals surface area contributed by atoms with Crippen LogP contribution in [-0.2, 0) is 68.3 Å². The number of carbonyl (C=O) groups excluding carboxylic acids is 5. The van der Waals surface area contributed by atoms with Gasteiger partial charge in [0.05, 0.1) is 43.0 Å². The number of cyclic esters (lactones) is 1. The van der Waals surface area contributed by atoms with Gasteiger partial charge in [0.2, 0.25) is 0 Å².